The van der Waals surface area contributed by atoms with Crippen molar-refractivity contribution in [1.29, 1.82) is 0 Å². The van der Waals surface area contributed by atoms with E-state index in [1.807, 2.05) is 36.0 Å². The van der Waals surface area contributed by atoms with Crippen LogP contribution < -0.4 is 4.74 Å². The van der Waals surface area contributed by atoms with Crippen molar-refractivity contribution in [3.05, 3.63) is 53.0 Å². The number of fused-ring (bicyclic) bond motifs is 1. The molecule has 104 valence electrons. The van der Waals surface area contributed by atoms with Crippen molar-refractivity contribution in [3.8, 4) is 5.75 Å². The van der Waals surface area contributed by atoms with E-state index in [1.54, 1.807) is 7.11 Å². The highest BCUT2D eigenvalue weighted by Crippen LogP contribution is 2.45. The molecule has 20 heavy (non-hydrogen) atoms. The SMILES string of the molecule is COc1ccc(C2(C)CSC3=CC=CCC3C2=O)cc1. The van der Waals surface area contributed by atoms with Crippen molar-refractivity contribution in [3.63, 3.8) is 0 Å². The van der Waals surface area contributed by atoms with Gasteiger partial charge in [0.25, 0.3) is 0 Å². The van der Waals surface area contributed by atoms with Gasteiger partial charge in [-0.3, -0.25) is 4.79 Å². The summed E-state index contributed by atoms with van der Waals surface area (Å²) in [5, 5.41) is 0. The third-order valence-electron chi connectivity index (χ3n) is 4.23. The largest absolute Gasteiger partial charge is 0.497 e. The Kier molecular flexibility index (Phi) is 3.47. The Morgan fingerprint density at radius 2 is 2.05 bits per heavy atom. The Balaban J connectivity index is 1.93. The smallest absolute Gasteiger partial charge is 0.152 e. The van der Waals surface area contributed by atoms with Crippen LogP contribution in [-0.2, 0) is 10.2 Å². The van der Waals surface area contributed by atoms with E-state index in [0.717, 1.165) is 23.5 Å². The second-order valence-electron chi connectivity index (χ2n) is 5.50. The summed E-state index contributed by atoms with van der Waals surface area (Å²) in [6.07, 6.45) is 7.07. The topological polar surface area (TPSA) is 26.3 Å². The van der Waals surface area contributed by atoms with E-state index in [4.69, 9.17) is 4.74 Å². The van der Waals surface area contributed by atoms with Crippen LogP contribution in [0, 0.1) is 5.92 Å². The van der Waals surface area contributed by atoms with Crippen molar-refractivity contribution in [2.24, 2.45) is 5.92 Å². The summed E-state index contributed by atoms with van der Waals surface area (Å²) in [6.45, 7) is 2.07. The fourth-order valence-electron chi connectivity index (χ4n) is 2.86. The first kappa shape index (κ1) is 13.5. The number of allylic oxidation sites excluding steroid dienone is 4. The molecule has 0 amide bonds. The number of benzene rings is 1. The average molecular weight is 286 g/mol. The summed E-state index contributed by atoms with van der Waals surface area (Å²) in [6, 6.07) is 7.91. The molecular weight excluding hydrogens is 268 g/mol. The molecule has 2 atom stereocenters. The van der Waals surface area contributed by atoms with Gasteiger partial charge in [0.15, 0.2) is 5.78 Å². The van der Waals surface area contributed by atoms with Gasteiger partial charge in [-0.2, -0.15) is 0 Å². The van der Waals surface area contributed by atoms with Crippen molar-refractivity contribution in [1.82, 2.24) is 0 Å². The summed E-state index contributed by atoms with van der Waals surface area (Å²) >= 11 is 1.82. The first-order valence-electron chi connectivity index (χ1n) is 6.83. The molecule has 0 aromatic heterocycles. The maximum absolute atomic E-state index is 12.9. The Labute approximate surface area is 123 Å². The number of carbonyl (C=O) groups excluding carboxylic acids is 1. The Hall–Kier alpha value is -1.48. The van der Waals surface area contributed by atoms with Crippen LogP contribution in [0.15, 0.2) is 47.4 Å². The van der Waals surface area contributed by atoms with Crippen LogP contribution >= 0.6 is 11.8 Å². The number of Topliss-reactive ketones (excluding diaryl/α,β-unsaturated/α-hetero) is 1. The third kappa shape index (κ3) is 2.10. The molecule has 1 saturated heterocycles. The lowest BCUT2D eigenvalue weighted by Crippen LogP contribution is -2.43. The molecule has 0 bridgehead atoms. The van der Waals surface area contributed by atoms with E-state index in [-0.39, 0.29) is 5.92 Å². The number of hydrogen-bond acceptors (Lipinski definition) is 3. The monoisotopic (exact) mass is 286 g/mol. The van der Waals surface area contributed by atoms with Crippen LogP contribution in [-0.4, -0.2) is 18.6 Å². The molecule has 0 spiro atoms. The van der Waals surface area contributed by atoms with Gasteiger partial charge in [-0.05, 0) is 35.9 Å². The van der Waals surface area contributed by atoms with Gasteiger partial charge in [-0.1, -0.05) is 30.4 Å². The van der Waals surface area contributed by atoms with E-state index in [2.05, 4.69) is 25.2 Å². The standard InChI is InChI=1S/C17H18O2S/c1-17(12-7-9-13(19-2)10-8-12)11-20-15-6-4-3-5-14(15)16(17)18/h3-4,6-10,14H,5,11H2,1-2H3. The second-order valence-corrected chi connectivity index (χ2v) is 6.55. The zero-order valence-electron chi connectivity index (χ0n) is 11.8. The predicted molar refractivity (Wildman–Crippen MR) is 83.1 cm³/mol. The van der Waals surface area contributed by atoms with Gasteiger partial charge >= 0.3 is 0 Å². The van der Waals surface area contributed by atoms with Gasteiger partial charge in [-0.15, -0.1) is 11.8 Å². The number of ketones is 1. The summed E-state index contributed by atoms with van der Waals surface area (Å²) in [7, 11) is 1.66. The number of hydrogen-bond donors (Lipinski definition) is 0. The molecule has 1 heterocycles. The van der Waals surface area contributed by atoms with E-state index >= 15 is 0 Å². The second kappa shape index (κ2) is 5.13. The maximum atomic E-state index is 12.9. The van der Waals surface area contributed by atoms with E-state index < -0.39 is 5.41 Å². The molecule has 0 radical (unpaired) electrons. The molecule has 3 heteroatoms. The summed E-state index contributed by atoms with van der Waals surface area (Å²) in [4.78, 5) is 14.1. The Morgan fingerprint density at radius 3 is 2.75 bits per heavy atom. The number of methoxy groups -OCH3 is 1. The first-order chi connectivity index (χ1) is 9.65. The molecule has 1 aliphatic carbocycles. The van der Waals surface area contributed by atoms with Crippen molar-refractivity contribution in [2.75, 3.05) is 12.9 Å². The van der Waals surface area contributed by atoms with Crippen molar-refractivity contribution >= 4 is 17.5 Å². The van der Waals surface area contributed by atoms with Crippen LogP contribution in [0.25, 0.3) is 0 Å². The lowest BCUT2D eigenvalue weighted by atomic mass is 9.73. The van der Waals surface area contributed by atoms with Gasteiger partial charge in [0.2, 0.25) is 0 Å². The molecule has 0 saturated carbocycles. The summed E-state index contributed by atoms with van der Waals surface area (Å²) < 4.78 is 5.19. The highest BCUT2D eigenvalue weighted by Gasteiger charge is 2.44. The number of rotatable bonds is 2. The van der Waals surface area contributed by atoms with Crippen LogP contribution in [0.2, 0.25) is 0 Å². The van der Waals surface area contributed by atoms with Gasteiger partial charge < -0.3 is 4.74 Å². The van der Waals surface area contributed by atoms with Gasteiger partial charge in [-0.25, -0.2) is 0 Å². The van der Waals surface area contributed by atoms with E-state index in [1.165, 1.54) is 4.91 Å². The van der Waals surface area contributed by atoms with Crippen LogP contribution in [0.5, 0.6) is 5.75 Å². The van der Waals surface area contributed by atoms with Gasteiger partial charge in [0.1, 0.15) is 5.75 Å². The summed E-state index contributed by atoms with van der Waals surface area (Å²) in [5.41, 5.74) is 0.689. The highest BCUT2D eigenvalue weighted by atomic mass is 32.2. The van der Waals surface area contributed by atoms with Crippen molar-refractivity contribution < 1.29 is 9.53 Å². The minimum Gasteiger partial charge on any atom is -0.497 e. The summed E-state index contributed by atoms with van der Waals surface area (Å²) in [5.74, 6) is 2.03. The average Bonchev–Trinajstić information content (AvgIpc) is 2.51. The van der Waals surface area contributed by atoms with Crippen LogP contribution in [0.4, 0.5) is 0 Å². The molecule has 3 rings (SSSR count). The molecule has 1 aliphatic heterocycles. The number of carbonyl (C=O) groups is 1. The fraction of sp³-hybridized carbons (Fsp3) is 0.353. The lowest BCUT2D eigenvalue weighted by Gasteiger charge is -2.38. The molecule has 2 unspecified atom stereocenters. The highest BCUT2D eigenvalue weighted by molar-refractivity contribution is 8.03. The maximum Gasteiger partial charge on any atom is 0.152 e. The molecular formula is C17H18O2S. The van der Waals surface area contributed by atoms with Gasteiger partial charge in [0, 0.05) is 5.75 Å². The van der Waals surface area contributed by atoms with E-state index in [0.29, 0.717) is 5.78 Å². The first-order valence-corrected chi connectivity index (χ1v) is 7.82. The number of thioether (sulfide) groups is 1. The zero-order chi connectivity index (χ0) is 14.2. The van der Waals surface area contributed by atoms with Crippen LogP contribution in [0.3, 0.4) is 0 Å². The lowest BCUT2D eigenvalue weighted by molar-refractivity contribution is -0.126. The molecule has 2 nitrogen and oxygen atoms in total. The minimum atomic E-state index is -0.399. The molecule has 0 N–H and O–H groups in total. The Morgan fingerprint density at radius 1 is 1.30 bits per heavy atom. The van der Waals surface area contributed by atoms with Crippen molar-refractivity contribution in [2.45, 2.75) is 18.8 Å². The quantitative estimate of drug-likeness (QED) is 0.828. The molecule has 2 aliphatic rings. The fourth-order valence-corrected chi connectivity index (χ4v) is 4.21. The molecule has 1 aromatic rings. The molecule has 1 aromatic carbocycles. The molecule has 1 fully saturated rings. The predicted octanol–water partition coefficient (Wildman–Crippen LogP) is 3.73. The Bertz CT molecular complexity index is 586. The van der Waals surface area contributed by atoms with Crippen LogP contribution in [0.1, 0.15) is 18.9 Å². The number of ether oxygens (including phenoxy) is 1. The third-order valence-corrected chi connectivity index (χ3v) is 5.70. The normalized spacial score (nSPS) is 28.8. The zero-order valence-corrected chi connectivity index (χ0v) is 12.6. The van der Waals surface area contributed by atoms with Gasteiger partial charge in [0.05, 0.1) is 18.4 Å². The minimum absolute atomic E-state index is 0.0471. The van der Waals surface area contributed by atoms with E-state index in [9.17, 15) is 4.79 Å².